The summed E-state index contributed by atoms with van der Waals surface area (Å²) in [5, 5.41) is 0.658. The van der Waals surface area contributed by atoms with Crippen LogP contribution in [0.1, 0.15) is 17.4 Å². The van der Waals surface area contributed by atoms with E-state index in [4.69, 9.17) is 16.3 Å². The van der Waals surface area contributed by atoms with E-state index in [1.807, 2.05) is 18.2 Å². The molecule has 0 N–H and O–H groups in total. The molecular weight excluding hydrogens is 272 g/mol. The zero-order chi connectivity index (χ0) is 13.8. The third-order valence-corrected chi connectivity index (χ3v) is 3.70. The monoisotopic (exact) mass is 288 g/mol. The highest BCUT2D eigenvalue weighted by Gasteiger charge is 2.22. The molecule has 0 saturated carbocycles. The Morgan fingerprint density at radius 2 is 2.05 bits per heavy atom. The normalized spacial score (nSPS) is 19.9. The predicted octanol–water partition coefficient (Wildman–Crippen LogP) is 3.31. The maximum absolute atomic E-state index is 5.87. The van der Waals surface area contributed by atoms with Crippen LogP contribution in [0.15, 0.2) is 48.7 Å². The van der Waals surface area contributed by atoms with Crippen molar-refractivity contribution < 1.29 is 4.74 Å². The average molecular weight is 289 g/mol. The van der Waals surface area contributed by atoms with Gasteiger partial charge in [0.2, 0.25) is 0 Å². The van der Waals surface area contributed by atoms with Gasteiger partial charge in [-0.2, -0.15) is 0 Å². The fourth-order valence-electron chi connectivity index (χ4n) is 2.44. The van der Waals surface area contributed by atoms with Crippen LogP contribution in [0.4, 0.5) is 0 Å². The van der Waals surface area contributed by atoms with Crippen molar-refractivity contribution in [1.29, 1.82) is 0 Å². The first-order valence-electron chi connectivity index (χ1n) is 6.80. The molecule has 1 saturated heterocycles. The summed E-state index contributed by atoms with van der Waals surface area (Å²) in [6.45, 7) is 3.51. The van der Waals surface area contributed by atoms with Crippen molar-refractivity contribution in [2.24, 2.45) is 0 Å². The molecule has 2 heterocycles. The van der Waals surface area contributed by atoms with E-state index in [0.29, 0.717) is 5.02 Å². The molecule has 0 spiro atoms. The number of halogens is 1. The Bertz CT molecular complexity index is 544. The van der Waals surface area contributed by atoms with Gasteiger partial charge in [-0.15, -0.1) is 0 Å². The van der Waals surface area contributed by atoms with Gasteiger partial charge in [-0.1, -0.05) is 41.9 Å². The highest BCUT2D eigenvalue weighted by atomic mass is 35.5. The molecule has 0 amide bonds. The van der Waals surface area contributed by atoms with Crippen molar-refractivity contribution in [3.63, 3.8) is 0 Å². The van der Waals surface area contributed by atoms with Crippen molar-refractivity contribution >= 4 is 11.6 Å². The van der Waals surface area contributed by atoms with E-state index in [0.717, 1.165) is 31.9 Å². The molecule has 1 fully saturated rings. The summed E-state index contributed by atoms with van der Waals surface area (Å²) in [6.07, 6.45) is 1.71. The molecule has 1 aromatic carbocycles. The van der Waals surface area contributed by atoms with Crippen molar-refractivity contribution in [3.05, 3.63) is 64.9 Å². The maximum atomic E-state index is 5.87. The number of benzene rings is 1. The molecule has 1 aromatic heterocycles. The van der Waals surface area contributed by atoms with Crippen LogP contribution in [0, 0.1) is 0 Å². The number of morpholine rings is 1. The number of ether oxygens (including phenoxy) is 1. The summed E-state index contributed by atoms with van der Waals surface area (Å²) in [7, 11) is 0. The van der Waals surface area contributed by atoms with Crippen LogP contribution in [0.25, 0.3) is 0 Å². The van der Waals surface area contributed by atoms with E-state index in [-0.39, 0.29) is 6.10 Å². The number of nitrogens with zero attached hydrogens (tertiary/aromatic N) is 2. The lowest BCUT2D eigenvalue weighted by atomic mass is 10.1. The Morgan fingerprint density at radius 3 is 2.80 bits per heavy atom. The molecule has 20 heavy (non-hydrogen) atoms. The van der Waals surface area contributed by atoms with Gasteiger partial charge in [0.05, 0.1) is 17.3 Å². The molecule has 3 rings (SSSR count). The Morgan fingerprint density at radius 1 is 1.20 bits per heavy atom. The summed E-state index contributed by atoms with van der Waals surface area (Å²) in [5.74, 6) is 0. The molecule has 3 nitrogen and oxygen atoms in total. The molecule has 1 aliphatic heterocycles. The minimum Gasteiger partial charge on any atom is -0.369 e. The zero-order valence-corrected chi connectivity index (χ0v) is 12.0. The Balaban J connectivity index is 1.66. The SMILES string of the molecule is Clc1ccc(C2CN(Cc3ccccc3)CCO2)nc1. The second-order valence-corrected chi connectivity index (χ2v) is 5.42. The lowest BCUT2D eigenvalue weighted by Crippen LogP contribution is -2.38. The molecule has 4 heteroatoms. The number of hydrogen-bond donors (Lipinski definition) is 0. The van der Waals surface area contributed by atoms with E-state index in [9.17, 15) is 0 Å². The first-order valence-corrected chi connectivity index (χ1v) is 7.18. The number of pyridine rings is 1. The Labute approximate surface area is 124 Å². The second-order valence-electron chi connectivity index (χ2n) is 4.98. The lowest BCUT2D eigenvalue weighted by Gasteiger charge is -2.32. The van der Waals surface area contributed by atoms with Gasteiger partial charge in [0, 0.05) is 25.8 Å². The second kappa shape index (κ2) is 6.35. The van der Waals surface area contributed by atoms with Crippen molar-refractivity contribution in [1.82, 2.24) is 9.88 Å². The van der Waals surface area contributed by atoms with Crippen LogP contribution in [-0.2, 0) is 11.3 Å². The van der Waals surface area contributed by atoms with Crippen LogP contribution in [0.5, 0.6) is 0 Å². The van der Waals surface area contributed by atoms with E-state index in [1.165, 1.54) is 5.56 Å². The van der Waals surface area contributed by atoms with Gasteiger partial charge in [0.1, 0.15) is 6.10 Å². The molecule has 104 valence electrons. The van der Waals surface area contributed by atoms with Crippen molar-refractivity contribution in [2.75, 3.05) is 19.7 Å². The van der Waals surface area contributed by atoms with Gasteiger partial charge in [-0.05, 0) is 17.7 Å². The lowest BCUT2D eigenvalue weighted by molar-refractivity contribution is -0.0349. The maximum Gasteiger partial charge on any atom is 0.112 e. The molecule has 0 radical (unpaired) electrons. The zero-order valence-electron chi connectivity index (χ0n) is 11.2. The third-order valence-electron chi connectivity index (χ3n) is 3.48. The van der Waals surface area contributed by atoms with E-state index in [2.05, 4.69) is 34.1 Å². The first-order chi connectivity index (χ1) is 9.81. The molecule has 1 unspecified atom stereocenters. The van der Waals surface area contributed by atoms with Gasteiger partial charge in [0.25, 0.3) is 0 Å². The van der Waals surface area contributed by atoms with Crippen LogP contribution < -0.4 is 0 Å². The topological polar surface area (TPSA) is 25.4 Å². The van der Waals surface area contributed by atoms with Gasteiger partial charge >= 0.3 is 0 Å². The van der Waals surface area contributed by atoms with Crippen molar-refractivity contribution in [3.8, 4) is 0 Å². The van der Waals surface area contributed by atoms with Gasteiger partial charge in [-0.3, -0.25) is 9.88 Å². The fourth-order valence-corrected chi connectivity index (χ4v) is 2.56. The minimum absolute atomic E-state index is 0.0322. The van der Waals surface area contributed by atoms with Crippen LogP contribution in [0.3, 0.4) is 0 Å². The fraction of sp³-hybridized carbons (Fsp3) is 0.312. The molecule has 0 aliphatic carbocycles. The van der Waals surface area contributed by atoms with E-state index >= 15 is 0 Å². The number of rotatable bonds is 3. The summed E-state index contributed by atoms with van der Waals surface area (Å²) in [4.78, 5) is 6.76. The summed E-state index contributed by atoms with van der Waals surface area (Å²) >= 11 is 5.87. The first kappa shape index (κ1) is 13.6. The largest absolute Gasteiger partial charge is 0.369 e. The molecule has 2 aromatic rings. The van der Waals surface area contributed by atoms with Crippen LogP contribution >= 0.6 is 11.6 Å². The molecule has 1 atom stereocenters. The van der Waals surface area contributed by atoms with Crippen molar-refractivity contribution in [2.45, 2.75) is 12.6 Å². The molecule has 0 bridgehead atoms. The van der Waals surface area contributed by atoms with Crippen LogP contribution in [0.2, 0.25) is 5.02 Å². The Hall–Kier alpha value is -1.42. The number of hydrogen-bond acceptors (Lipinski definition) is 3. The quantitative estimate of drug-likeness (QED) is 0.866. The Kier molecular flexibility index (Phi) is 4.31. The highest BCUT2D eigenvalue weighted by molar-refractivity contribution is 6.30. The van der Waals surface area contributed by atoms with Crippen LogP contribution in [-0.4, -0.2) is 29.6 Å². The third kappa shape index (κ3) is 3.37. The van der Waals surface area contributed by atoms with Gasteiger partial charge in [-0.25, -0.2) is 0 Å². The summed E-state index contributed by atoms with van der Waals surface area (Å²) in [6, 6.07) is 14.3. The van der Waals surface area contributed by atoms with Gasteiger partial charge < -0.3 is 4.74 Å². The standard InChI is InChI=1S/C16H17ClN2O/c17-14-6-7-15(18-10-14)16-12-19(8-9-20-16)11-13-4-2-1-3-5-13/h1-7,10,16H,8-9,11-12H2. The molecular formula is C16H17ClN2O. The smallest absolute Gasteiger partial charge is 0.112 e. The number of aromatic nitrogens is 1. The highest BCUT2D eigenvalue weighted by Crippen LogP contribution is 2.22. The average Bonchev–Trinajstić information content (AvgIpc) is 2.49. The van der Waals surface area contributed by atoms with E-state index < -0.39 is 0 Å². The minimum atomic E-state index is 0.0322. The summed E-state index contributed by atoms with van der Waals surface area (Å²) < 4.78 is 5.82. The molecule has 1 aliphatic rings. The predicted molar refractivity (Wildman–Crippen MR) is 79.7 cm³/mol. The van der Waals surface area contributed by atoms with Gasteiger partial charge in [0.15, 0.2) is 0 Å². The summed E-state index contributed by atoms with van der Waals surface area (Å²) in [5.41, 5.74) is 2.28. The van der Waals surface area contributed by atoms with E-state index in [1.54, 1.807) is 6.20 Å².